The number of hydrogen-bond donors (Lipinski definition) is 2. The second-order valence-electron chi connectivity index (χ2n) is 5.69. The first-order valence-electron chi connectivity index (χ1n) is 7.46. The molecule has 2 N–H and O–H groups in total. The number of rotatable bonds is 4. The minimum Gasteiger partial charge on any atom is -0.361 e. The van der Waals surface area contributed by atoms with Crippen molar-refractivity contribution in [2.45, 2.75) is 32.9 Å². The topological polar surface area (TPSA) is 62.7 Å². The molecule has 0 unspecified atom stereocenters. The summed E-state index contributed by atoms with van der Waals surface area (Å²) in [5, 5.41) is 6.93. The second kappa shape index (κ2) is 6.18. The van der Waals surface area contributed by atoms with Gasteiger partial charge >= 0.3 is 0 Å². The Morgan fingerprint density at radius 1 is 1.19 bits per heavy atom. The van der Waals surface area contributed by atoms with E-state index in [9.17, 15) is 0 Å². The highest BCUT2D eigenvalue weighted by Gasteiger charge is 2.21. The Kier molecular flexibility index (Phi) is 4.10. The Bertz CT molecular complexity index is 597. The minimum absolute atomic E-state index is 0.153. The van der Waals surface area contributed by atoms with Crippen LogP contribution in [0.2, 0.25) is 0 Å². The van der Waals surface area contributed by atoms with Crippen LogP contribution in [-0.4, -0.2) is 21.5 Å². The quantitative estimate of drug-likeness (QED) is 0.901. The monoisotopic (exact) mass is 283 g/mol. The Hall–Kier alpha value is -2.01. The fourth-order valence-electron chi connectivity index (χ4n) is 2.70. The van der Waals surface area contributed by atoms with E-state index in [2.05, 4.69) is 45.5 Å². The van der Waals surface area contributed by atoms with Gasteiger partial charge in [-0.1, -0.05) is 19.9 Å². The molecular weight excluding hydrogens is 262 g/mol. The predicted octanol–water partition coefficient (Wildman–Crippen LogP) is 2.33. The highest BCUT2D eigenvalue weighted by Crippen LogP contribution is 2.27. The number of aromatic nitrogens is 3. The van der Waals surface area contributed by atoms with Gasteiger partial charge in [0.25, 0.3) is 0 Å². The summed E-state index contributed by atoms with van der Waals surface area (Å²) >= 11 is 0. The van der Waals surface area contributed by atoms with Crippen LogP contribution in [0, 0.1) is 5.92 Å². The molecule has 0 saturated heterocycles. The Balaban J connectivity index is 1.90. The van der Waals surface area contributed by atoms with Gasteiger partial charge in [0, 0.05) is 18.3 Å². The molecular formula is C16H21N5. The van der Waals surface area contributed by atoms with Crippen molar-refractivity contribution in [1.82, 2.24) is 20.3 Å². The third kappa shape index (κ3) is 3.03. The Morgan fingerprint density at radius 2 is 2.10 bits per heavy atom. The zero-order valence-corrected chi connectivity index (χ0v) is 12.5. The van der Waals surface area contributed by atoms with Gasteiger partial charge in [-0.05, 0) is 31.0 Å². The predicted molar refractivity (Wildman–Crippen MR) is 82.9 cm³/mol. The van der Waals surface area contributed by atoms with Gasteiger partial charge in [-0.2, -0.15) is 0 Å². The molecule has 3 rings (SSSR count). The van der Waals surface area contributed by atoms with Crippen molar-refractivity contribution >= 4 is 5.82 Å². The molecule has 0 spiro atoms. The van der Waals surface area contributed by atoms with Crippen LogP contribution in [0.15, 0.2) is 30.7 Å². The van der Waals surface area contributed by atoms with Gasteiger partial charge in [0.2, 0.25) is 0 Å². The SMILES string of the molecule is CC(C)[C@H](Nc1ncnc2c1CCNC2)c1ccccn1. The highest BCUT2D eigenvalue weighted by atomic mass is 15.1. The van der Waals surface area contributed by atoms with E-state index in [0.29, 0.717) is 5.92 Å². The van der Waals surface area contributed by atoms with Gasteiger partial charge < -0.3 is 10.6 Å². The van der Waals surface area contributed by atoms with Crippen molar-refractivity contribution in [2.75, 3.05) is 11.9 Å². The average Bonchev–Trinajstić information content (AvgIpc) is 2.53. The van der Waals surface area contributed by atoms with Crippen LogP contribution < -0.4 is 10.6 Å². The molecule has 0 amide bonds. The lowest BCUT2D eigenvalue weighted by molar-refractivity contribution is 0.530. The average molecular weight is 283 g/mol. The van der Waals surface area contributed by atoms with E-state index in [4.69, 9.17) is 0 Å². The van der Waals surface area contributed by atoms with Crippen molar-refractivity contribution < 1.29 is 0 Å². The molecule has 1 atom stereocenters. The van der Waals surface area contributed by atoms with E-state index in [1.807, 2.05) is 18.3 Å². The van der Waals surface area contributed by atoms with Crippen LogP contribution in [0.4, 0.5) is 5.82 Å². The first kappa shape index (κ1) is 13.9. The normalized spacial score (nSPS) is 15.6. The van der Waals surface area contributed by atoms with Crippen LogP contribution in [0.5, 0.6) is 0 Å². The lowest BCUT2D eigenvalue weighted by atomic mass is 9.99. The first-order valence-corrected chi connectivity index (χ1v) is 7.46. The van der Waals surface area contributed by atoms with Crippen LogP contribution in [0.3, 0.4) is 0 Å². The van der Waals surface area contributed by atoms with E-state index in [1.165, 1.54) is 5.56 Å². The van der Waals surface area contributed by atoms with E-state index in [0.717, 1.165) is 36.7 Å². The highest BCUT2D eigenvalue weighted by molar-refractivity contribution is 5.48. The maximum Gasteiger partial charge on any atom is 0.133 e. The van der Waals surface area contributed by atoms with Crippen LogP contribution in [-0.2, 0) is 13.0 Å². The molecule has 0 saturated carbocycles. The lowest BCUT2D eigenvalue weighted by Gasteiger charge is -2.25. The van der Waals surface area contributed by atoms with Gasteiger partial charge in [-0.3, -0.25) is 4.98 Å². The number of anilines is 1. The summed E-state index contributed by atoms with van der Waals surface area (Å²) in [5.41, 5.74) is 3.38. The van der Waals surface area contributed by atoms with Crippen molar-refractivity contribution in [3.8, 4) is 0 Å². The van der Waals surface area contributed by atoms with Crippen LogP contribution in [0.25, 0.3) is 0 Å². The van der Waals surface area contributed by atoms with Crippen molar-refractivity contribution in [3.05, 3.63) is 47.7 Å². The molecule has 0 fully saturated rings. The third-order valence-electron chi connectivity index (χ3n) is 3.84. The summed E-state index contributed by atoms with van der Waals surface area (Å²) in [5.74, 6) is 1.37. The molecule has 5 heteroatoms. The number of fused-ring (bicyclic) bond motifs is 1. The fraction of sp³-hybridized carbons (Fsp3) is 0.438. The van der Waals surface area contributed by atoms with E-state index in [1.54, 1.807) is 6.33 Å². The molecule has 0 bridgehead atoms. The largest absolute Gasteiger partial charge is 0.361 e. The molecule has 3 heterocycles. The molecule has 110 valence electrons. The first-order chi connectivity index (χ1) is 10.3. The molecule has 2 aromatic heterocycles. The minimum atomic E-state index is 0.153. The molecule has 0 aromatic carbocycles. The number of hydrogen-bond acceptors (Lipinski definition) is 5. The van der Waals surface area contributed by atoms with Crippen molar-refractivity contribution in [2.24, 2.45) is 5.92 Å². The third-order valence-corrected chi connectivity index (χ3v) is 3.84. The fourth-order valence-corrected chi connectivity index (χ4v) is 2.70. The van der Waals surface area contributed by atoms with Crippen molar-refractivity contribution in [1.29, 1.82) is 0 Å². The maximum absolute atomic E-state index is 4.49. The van der Waals surface area contributed by atoms with Crippen molar-refractivity contribution in [3.63, 3.8) is 0 Å². The summed E-state index contributed by atoms with van der Waals surface area (Å²) < 4.78 is 0. The molecule has 1 aliphatic heterocycles. The van der Waals surface area contributed by atoms with Gasteiger partial charge in [0.1, 0.15) is 12.1 Å². The van der Waals surface area contributed by atoms with Gasteiger partial charge in [0.05, 0.1) is 17.4 Å². The number of nitrogens with one attached hydrogen (secondary N) is 2. The Morgan fingerprint density at radius 3 is 2.86 bits per heavy atom. The second-order valence-corrected chi connectivity index (χ2v) is 5.69. The number of pyridine rings is 1. The molecule has 21 heavy (non-hydrogen) atoms. The van der Waals surface area contributed by atoms with Gasteiger partial charge in [-0.15, -0.1) is 0 Å². The van der Waals surface area contributed by atoms with E-state index in [-0.39, 0.29) is 6.04 Å². The summed E-state index contributed by atoms with van der Waals surface area (Å²) in [6.07, 6.45) is 4.45. The zero-order chi connectivity index (χ0) is 14.7. The summed E-state index contributed by atoms with van der Waals surface area (Å²) in [4.78, 5) is 13.3. The van der Waals surface area contributed by atoms with Crippen LogP contribution in [0.1, 0.15) is 36.8 Å². The molecule has 1 aliphatic rings. The smallest absolute Gasteiger partial charge is 0.133 e. The zero-order valence-electron chi connectivity index (χ0n) is 12.5. The molecule has 2 aromatic rings. The van der Waals surface area contributed by atoms with E-state index >= 15 is 0 Å². The van der Waals surface area contributed by atoms with Gasteiger partial charge in [0.15, 0.2) is 0 Å². The Labute approximate surface area is 125 Å². The standard InChI is InChI=1S/C16H21N5/c1-11(2)15(13-5-3-4-7-18-13)21-16-12-6-8-17-9-14(12)19-10-20-16/h3-5,7,10-11,15,17H,6,8-9H2,1-2H3,(H,19,20,21)/t15-/m0/s1. The summed E-state index contributed by atoms with van der Waals surface area (Å²) in [7, 11) is 0. The maximum atomic E-state index is 4.49. The molecule has 0 radical (unpaired) electrons. The molecule has 5 nitrogen and oxygen atoms in total. The number of nitrogens with zero attached hydrogens (tertiary/aromatic N) is 3. The summed E-state index contributed by atoms with van der Waals surface area (Å²) in [6.45, 7) is 6.19. The van der Waals surface area contributed by atoms with Gasteiger partial charge in [-0.25, -0.2) is 9.97 Å². The van der Waals surface area contributed by atoms with Crippen LogP contribution >= 0.6 is 0 Å². The summed E-state index contributed by atoms with van der Waals surface area (Å²) in [6, 6.07) is 6.19. The van der Waals surface area contributed by atoms with E-state index < -0.39 is 0 Å². The lowest BCUT2D eigenvalue weighted by Crippen LogP contribution is -2.27. The molecule has 0 aliphatic carbocycles.